The van der Waals surface area contributed by atoms with E-state index in [4.69, 9.17) is 5.73 Å². The molecule has 0 heterocycles. The molecule has 0 aliphatic carbocycles. The third-order valence-corrected chi connectivity index (χ3v) is 3.26. The van der Waals surface area contributed by atoms with Crippen LogP contribution in [-0.2, 0) is 11.2 Å². The first kappa shape index (κ1) is 17.1. The van der Waals surface area contributed by atoms with Crippen molar-refractivity contribution in [1.29, 1.82) is 0 Å². The van der Waals surface area contributed by atoms with Gasteiger partial charge in [0.25, 0.3) is 5.69 Å². The van der Waals surface area contributed by atoms with Gasteiger partial charge in [0, 0.05) is 24.2 Å². The average molecular weight is 293 g/mol. The lowest BCUT2D eigenvalue weighted by molar-refractivity contribution is -0.384. The number of non-ortho nitro benzene ring substituents is 1. The van der Waals surface area contributed by atoms with E-state index in [1.165, 1.54) is 12.1 Å². The predicted octanol–water partition coefficient (Wildman–Crippen LogP) is 2.02. The molecule has 1 aromatic rings. The van der Waals surface area contributed by atoms with Crippen LogP contribution in [0.4, 0.5) is 5.69 Å². The first-order valence-corrected chi connectivity index (χ1v) is 7.00. The number of carbonyl (C=O) groups is 1. The highest BCUT2D eigenvalue weighted by atomic mass is 16.6. The van der Waals surface area contributed by atoms with E-state index >= 15 is 0 Å². The Morgan fingerprint density at radius 1 is 1.38 bits per heavy atom. The van der Waals surface area contributed by atoms with Crippen LogP contribution in [0.3, 0.4) is 0 Å². The maximum absolute atomic E-state index is 12.1. The van der Waals surface area contributed by atoms with Crippen LogP contribution in [0.5, 0.6) is 0 Å². The minimum atomic E-state index is -0.460. The molecule has 21 heavy (non-hydrogen) atoms. The van der Waals surface area contributed by atoms with Gasteiger partial charge in [-0.2, -0.15) is 0 Å². The molecule has 0 aliphatic rings. The Balaban J connectivity index is 2.66. The zero-order valence-corrected chi connectivity index (χ0v) is 12.8. The maximum atomic E-state index is 12.1. The summed E-state index contributed by atoms with van der Waals surface area (Å²) in [6, 6.07) is 6.00. The molecule has 0 aliphatic heterocycles. The minimum absolute atomic E-state index is 0.0192. The molecule has 1 rings (SSSR count). The van der Waals surface area contributed by atoms with Crippen LogP contribution in [0, 0.1) is 16.0 Å². The normalized spacial score (nSPS) is 13.8. The van der Waals surface area contributed by atoms with E-state index in [1.807, 2.05) is 6.92 Å². The van der Waals surface area contributed by atoms with Crippen molar-refractivity contribution in [1.82, 2.24) is 5.32 Å². The lowest BCUT2D eigenvalue weighted by Gasteiger charge is -2.31. The van der Waals surface area contributed by atoms with E-state index in [0.29, 0.717) is 12.5 Å². The summed E-state index contributed by atoms with van der Waals surface area (Å²) >= 11 is 0. The quantitative estimate of drug-likeness (QED) is 0.593. The molecule has 0 spiro atoms. The lowest BCUT2D eigenvalue weighted by Crippen LogP contribution is -2.52. The van der Waals surface area contributed by atoms with Crippen LogP contribution >= 0.6 is 0 Å². The summed E-state index contributed by atoms with van der Waals surface area (Å²) in [5, 5.41) is 13.5. The van der Waals surface area contributed by atoms with Gasteiger partial charge in [-0.25, -0.2) is 0 Å². The smallest absolute Gasteiger partial charge is 0.269 e. The van der Waals surface area contributed by atoms with Gasteiger partial charge in [0.05, 0.1) is 11.3 Å². The predicted molar refractivity (Wildman–Crippen MR) is 81.9 cm³/mol. The zero-order valence-electron chi connectivity index (χ0n) is 12.8. The Labute approximate surface area is 124 Å². The number of nitro groups is 1. The van der Waals surface area contributed by atoms with Gasteiger partial charge in [-0.3, -0.25) is 14.9 Å². The number of rotatable bonds is 7. The van der Waals surface area contributed by atoms with Crippen molar-refractivity contribution in [3.8, 4) is 0 Å². The van der Waals surface area contributed by atoms with Gasteiger partial charge in [-0.15, -0.1) is 0 Å². The van der Waals surface area contributed by atoms with Crippen LogP contribution < -0.4 is 11.1 Å². The Morgan fingerprint density at radius 2 is 1.95 bits per heavy atom. The summed E-state index contributed by atoms with van der Waals surface area (Å²) in [7, 11) is 0. The second kappa shape index (κ2) is 7.17. The second-order valence-corrected chi connectivity index (χ2v) is 6.01. The number of nitrogens with zero attached hydrogens (tertiary/aromatic N) is 1. The molecule has 0 radical (unpaired) electrons. The highest BCUT2D eigenvalue weighted by Gasteiger charge is 2.25. The van der Waals surface area contributed by atoms with E-state index < -0.39 is 10.5 Å². The van der Waals surface area contributed by atoms with Gasteiger partial charge >= 0.3 is 0 Å². The van der Waals surface area contributed by atoms with Crippen molar-refractivity contribution in [2.24, 2.45) is 11.7 Å². The van der Waals surface area contributed by atoms with E-state index in [2.05, 4.69) is 19.2 Å². The number of hydrogen-bond acceptors (Lipinski definition) is 4. The Bertz CT molecular complexity index is 499. The number of nitrogens with one attached hydrogen (secondary N) is 1. The van der Waals surface area contributed by atoms with Gasteiger partial charge < -0.3 is 11.1 Å². The maximum Gasteiger partial charge on any atom is 0.269 e. The van der Waals surface area contributed by atoms with Crippen LogP contribution in [0.15, 0.2) is 24.3 Å². The standard InChI is InChI=1S/C15H23N3O3/c1-11(2)9-15(3,10-16)17-14(19)8-12-4-6-13(7-5-12)18(20)21/h4-7,11H,8-10,16H2,1-3H3,(H,17,19). The summed E-state index contributed by atoms with van der Waals surface area (Å²) in [4.78, 5) is 22.2. The number of nitro benzene ring substituents is 1. The second-order valence-electron chi connectivity index (χ2n) is 6.01. The van der Waals surface area contributed by atoms with Crippen molar-refractivity contribution in [3.05, 3.63) is 39.9 Å². The first-order valence-electron chi connectivity index (χ1n) is 7.00. The molecule has 1 amide bonds. The Kier molecular flexibility index (Phi) is 5.84. The summed E-state index contributed by atoms with van der Waals surface area (Å²) < 4.78 is 0. The van der Waals surface area contributed by atoms with Gasteiger partial charge in [0.1, 0.15) is 0 Å². The number of benzene rings is 1. The SMILES string of the molecule is CC(C)CC(C)(CN)NC(=O)Cc1ccc([N+](=O)[O-])cc1. The average Bonchev–Trinajstić information content (AvgIpc) is 2.38. The molecule has 3 N–H and O–H groups in total. The lowest BCUT2D eigenvalue weighted by atomic mass is 9.90. The van der Waals surface area contributed by atoms with Crippen molar-refractivity contribution in [2.45, 2.75) is 39.2 Å². The van der Waals surface area contributed by atoms with Crippen LogP contribution in [-0.4, -0.2) is 22.9 Å². The third kappa shape index (κ3) is 5.51. The van der Waals surface area contributed by atoms with Crippen molar-refractivity contribution in [3.63, 3.8) is 0 Å². The summed E-state index contributed by atoms with van der Waals surface area (Å²) in [6.45, 7) is 6.46. The highest BCUT2D eigenvalue weighted by molar-refractivity contribution is 5.79. The number of carbonyl (C=O) groups excluding carboxylic acids is 1. The number of nitrogens with two attached hydrogens (primary N) is 1. The number of hydrogen-bond donors (Lipinski definition) is 2. The van der Waals surface area contributed by atoms with Gasteiger partial charge in [-0.05, 0) is 24.8 Å². The molecule has 0 bridgehead atoms. The topological polar surface area (TPSA) is 98.3 Å². The van der Waals surface area contributed by atoms with Gasteiger partial charge in [-0.1, -0.05) is 26.0 Å². The van der Waals surface area contributed by atoms with Crippen LogP contribution in [0.2, 0.25) is 0 Å². The van der Waals surface area contributed by atoms with Crippen molar-refractivity contribution < 1.29 is 9.72 Å². The third-order valence-electron chi connectivity index (χ3n) is 3.26. The van der Waals surface area contributed by atoms with E-state index in [0.717, 1.165) is 12.0 Å². The van der Waals surface area contributed by atoms with Crippen LogP contribution in [0.1, 0.15) is 32.8 Å². The fourth-order valence-corrected chi connectivity index (χ4v) is 2.39. The summed E-state index contributed by atoms with van der Waals surface area (Å²) in [5.74, 6) is 0.302. The van der Waals surface area contributed by atoms with Crippen LogP contribution in [0.25, 0.3) is 0 Å². The fourth-order valence-electron chi connectivity index (χ4n) is 2.39. The minimum Gasteiger partial charge on any atom is -0.349 e. The van der Waals surface area contributed by atoms with E-state index in [-0.39, 0.29) is 18.0 Å². The molecule has 6 heteroatoms. The van der Waals surface area contributed by atoms with E-state index in [9.17, 15) is 14.9 Å². The molecular formula is C15H23N3O3. The number of amides is 1. The van der Waals surface area contributed by atoms with Gasteiger partial charge in [0.15, 0.2) is 0 Å². The Morgan fingerprint density at radius 3 is 2.38 bits per heavy atom. The largest absolute Gasteiger partial charge is 0.349 e. The Hall–Kier alpha value is -1.95. The molecular weight excluding hydrogens is 270 g/mol. The molecule has 0 aromatic heterocycles. The first-order chi connectivity index (χ1) is 9.75. The summed E-state index contributed by atoms with van der Waals surface area (Å²) in [6.07, 6.45) is 0.987. The molecule has 116 valence electrons. The highest BCUT2D eigenvalue weighted by Crippen LogP contribution is 2.16. The molecule has 6 nitrogen and oxygen atoms in total. The molecule has 0 saturated heterocycles. The van der Waals surface area contributed by atoms with Crippen molar-refractivity contribution >= 4 is 11.6 Å². The summed E-state index contributed by atoms with van der Waals surface area (Å²) in [5.41, 5.74) is 6.09. The van der Waals surface area contributed by atoms with Gasteiger partial charge in [0.2, 0.25) is 5.91 Å². The fraction of sp³-hybridized carbons (Fsp3) is 0.533. The zero-order chi connectivity index (χ0) is 16.0. The molecule has 1 unspecified atom stereocenters. The molecule has 0 saturated carbocycles. The monoisotopic (exact) mass is 293 g/mol. The van der Waals surface area contributed by atoms with E-state index in [1.54, 1.807) is 12.1 Å². The molecule has 1 atom stereocenters. The molecule has 1 aromatic carbocycles. The van der Waals surface area contributed by atoms with Crippen molar-refractivity contribution in [2.75, 3.05) is 6.54 Å². The molecule has 0 fully saturated rings.